The fourth-order valence-corrected chi connectivity index (χ4v) is 2.15. The highest BCUT2D eigenvalue weighted by Crippen LogP contribution is 2.32. The highest BCUT2D eigenvalue weighted by molar-refractivity contribution is 4.92. The minimum Gasteiger partial charge on any atom is -0.389 e. The number of aliphatic hydroxyl groups excluding tert-OH is 1. The van der Waals surface area contributed by atoms with Crippen LogP contribution in [-0.4, -0.2) is 37.0 Å². The van der Waals surface area contributed by atoms with Crippen LogP contribution < -0.4 is 5.32 Å². The number of nitrogens with one attached hydrogen (secondary N) is 1. The zero-order valence-electron chi connectivity index (χ0n) is 11.5. The molecule has 0 amide bonds. The molecule has 17 heavy (non-hydrogen) atoms. The van der Waals surface area contributed by atoms with Gasteiger partial charge in [-0.1, -0.05) is 39.5 Å². The molecule has 0 radical (unpaired) electrons. The Bertz CT molecular complexity index is 187. The summed E-state index contributed by atoms with van der Waals surface area (Å²) < 4.78 is 5.46. The van der Waals surface area contributed by atoms with E-state index in [-0.39, 0.29) is 6.10 Å². The molecule has 0 spiro atoms. The van der Waals surface area contributed by atoms with Gasteiger partial charge in [0.05, 0.1) is 12.7 Å². The minimum atomic E-state index is -0.348. The van der Waals surface area contributed by atoms with Gasteiger partial charge in [-0.25, -0.2) is 0 Å². The van der Waals surface area contributed by atoms with Crippen molar-refractivity contribution in [3.05, 3.63) is 0 Å². The lowest BCUT2D eigenvalue weighted by Crippen LogP contribution is -2.32. The summed E-state index contributed by atoms with van der Waals surface area (Å²) >= 11 is 0. The van der Waals surface area contributed by atoms with E-state index >= 15 is 0 Å². The summed E-state index contributed by atoms with van der Waals surface area (Å²) in [5.74, 6) is 0.845. The van der Waals surface area contributed by atoms with Crippen LogP contribution in [0.25, 0.3) is 0 Å². The number of unbranched alkanes of at least 4 members (excludes halogenated alkanes) is 3. The molecule has 1 aliphatic rings. The second kappa shape index (κ2) is 8.90. The fraction of sp³-hybridized carbons (Fsp3) is 1.00. The monoisotopic (exact) mass is 243 g/mol. The number of hydrogen-bond acceptors (Lipinski definition) is 3. The first-order valence-electron chi connectivity index (χ1n) is 7.27. The van der Waals surface area contributed by atoms with Gasteiger partial charge in [0.25, 0.3) is 0 Å². The Morgan fingerprint density at radius 3 is 2.76 bits per heavy atom. The standard InChI is InChI=1S/C14H29NO2/c1-3-5-6-7-8-17-11-13(16)10-15-14-9-12(14)4-2/h12-16H,3-11H2,1-2H3. The predicted octanol–water partition coefficient (Wildman–Crippen LogP) is 2.33. The first kappa shape index (κ1) is 14.9. The molecule has 0 aromatic rings. The molecule has 102 valence electrons. The van der Waals surface area contributed by atoms with Crippen molar-refractivity contribution in [1.82, 2.24) is 5.32 Å². The van der Waals surface area contributed by atoms with E-state index in [4.69, 9.17) is 4.74 Å². The Labute approximate surface area is 106 Å². The van der Waals surface area contributed by atoms with Crippen LogP contribution in [0.3, 0.4) is 0 Å². The molecule has 0 aromatic heterocycles. The first-order valence-corrected chi connectivity index (χ1v) is 7.27. The number of rotatable bonds is 11. The first-order chi connectivity index (χ1) is 8.27. The molecule has 3 nitrogen and oxygen atoms in total. The van der Waals surface area contributed by atoms with Crippen molar-refractivity contribution < 1.29 is 9.84 Å². The van der Waals surface area contributed by atoms with Crippen LogP contribution in [0.5, 0.6) is 0 Å². The lowest BCUT2D eigenvalue weighted by atomic mass is 10.2. The van der Waals surface area contributed by atoms with Gasteiger partial charge in [-0.2, -0.15) is 0 Å². The molecule has 0 heterocycles. The Hall–Kier alpha value is -0.120. The van der Waals surface area contributed by atoms with Crippen LogP contribution in [0.1, 0.15) is 52.4 Å². The molecule has 3 unspecified atom stereocenters. The Morgan fingerprint density at radius 2 is 2.12 bits per heavy atom. The zero-order chi connectivity index (χ0) is 12.5. The van der Waals surface area contributed by atoms with Crippen molar-refractivity contribution in [2.75, 3.05) is 19.8 Å². The topological polar surface area (TPSA) is 41.5 Å². The van der Waals surface area contributed by atoms with Gasteiger partial charge < -0.3 is 15.2 Å². The van der Waals surface area contributed by atoms with Gasteiger partial charge in [0.1, 0.15) is 0 Å². The fourth-order valence-electron chi connectivity index (χ4n) is 2.15. The predicted molar refractivity (Wildman–Crippen MR) is 71.2 cm³/mol. The van der Waals surface area contributed by atoms with Gasteiger partial charge in [-0.05, 0) is 18.8 Å². The average Bonchev–Trinajstić information content (AvgIpc) is 3.09. The van der Waals surface area contributed by atoms with E-state index < -0.39 is 0 Å². The highest BCUT2D eigenvalue weighted by atomic mass is 16.5. The Morgan fingerprint density at radius 1 is 1.29 bits per heavy atom. The van der Waals surface area contributed by atoms with Gasteiger partial charge in [-0.15, -0.1) is 0 Å². The van der Waals surface area contributed by atoms with Gasteiger partial charge in [0.2, 0.25) is 0 Å². The molecule has 3 heteroatoms. The molecular formula is C14H29NO2. The van der Waals surface area contributed by atoms with Crippen molar-refractivity contribution in [1.29, 1.82) is 0 Å². The zero-order valence-corrected chi connectivity index (χ0v) is 11.5. The summed E-state index contributed by atoms with van der Waals surface area (Å²) in [4.78, 5) is 0. The van der Waals surface area contributed by atoms with Gasteiger partial charge in [-0.3, -0.25) is 0 Å². The van der Waals surface area contributed by atoms with E-state index in [2.05, 4.69) is 19.2 Å². The van der Waals surface area contributed by atoms with Gasteiger partial charge in [0.15, 0.2) is 0 Å². The van der Waals surface area contributed by atoms with E-state index in [1.54, 1.807) is 0 Å². The SMILES string of the molecule is CCCCCCOCC(O)CNC1CC1CC. The molecule has 0 aliphatic heterocycles. The summed E-state index contributed by atoms with van der Waals surface area (Å²) in [5.41, 5.74) is 0. The molecular weight excluding hydrogens is 214 g/mol. The molecule has 0 aromatic carbocycles. The van der Waals surface area contributed by atoms with Crippen molar-refractivity contribution in [2.24, 2.45) is 5.92 Å². The summed E-state index contributed by atoms with van der Waals surface area (Å²) in [6, 6.07) is 0.652. The van der Waals surface area contributed by atoms with E-state index in [1.165, 1.54) is 32.1 Å². The maximum atomic E-state index is 9.70. The molecule has 1 saturated carbocycles. The minimum absolute atomic E-state index is 0.348. The third-order valence-electron chi connectivity index (χ3n) is 3.52. The normalized spacial score (nSPS) is 24.9. The van der Waals surface area contributed by atoms with Crippen LogP contribution in [0.4, 0.5) is 0 Å². The largest absolute Gasteiger partial charge is 0.389 e. The molecule has 1 aliphatic carbocycles. The maximum absolute atomic E-state index is 9.70. The second-order valence-electron chi connectivity index (χ2n) is 5.21. The Kier molecular flexibility index (Phi) is 7.82. The van der Waals surface area contributed by atoms with E-state index in [1.807, 2.05) is 0 Å². The molecule has 1 rings (SSSR count). The molecule has 3 atom stereocenters. The van der Waals surface area contributed by atoms with E-state index in [9.17, 15) is 5.11 Å². The molecule has 1 fully saturated rings. The quantitative estimate of drug-likeness (QED) is 0.547. The van der Waals surface area contributed by atoms with Crippen LogP contribution >= 0.6 is 0 Å². The van der Waals surface area contributed by atoms with Crippen LogP contribution in [-0.2, 0) is 4.74 Å². The summed E-state index contributed by atoms with van der Waals surface area (Å²) in [7, 11) is 0. The van der Waals surface area contributed by atoms with Crippen molar-refractivity contribution in [3.8, 4) is 0 Å². The Balaban J connectivity index is 1.83. The molecule has 2 N–H and O–H groups in total. The third kappa shape index (κ3) is 7.02. The number of ether oxygens (including phenoxy) is 1. The molecule has 0 bridgehead atoms. The third-order valence-corrected chi connectivity index (χ3v) is 3.52. The van der Waals surface area contributed by atoms with Crippen molar-refractivity contribution in [3.63, 3.8) is 0 Å². The van der Waals surface area contributed by atoms with Crippen LogP contribution in [0.2, 0.25) is 0 Å². The van der Waals surface area contributed by atoms with E-state index in [0.717, 1.165) is 18.9 Å². The van der Waals surface area contributed by atoms with Gasteiger partial charge in [0, 0.05) is 19.2 Å². The lowest BCUT2D eigenvalue weighted by Gasteiger charge is -2.12. The summed E-state index contributed by atoms with van der Waals surface area (Å²) in [5, 5.41) is 13.1. The van der Waals surface area contributed by atoms with Crippen LogP contribution in [0, 0.1) is 5.92 Å². The highest BCUT2D eigenvalue weighted by Gasteiger charge is 2.34. The maximum Gasteiger partial charge on any atom is 0.0897 e. The second-order valence-corrected chi connectivity index (χ2v) is 5.21. The number of aliphatic hydroxyl groups is 1. The summed E-state index contributed by atoms with van der Waals surface area (Å²) in [6.07, 6.45) is 7.09. The van der Waals surface area contributed by atoms with Crippen LogP contribution in [0.15, 0.2) is 0 Å². The van der Waals surface area contributed by atoms with Crippen molar-refractivity contribution >= 4 is 0 Å². The van der Waals surface area contributed by atoms with Crippen molar-refractivity contribution in [2.45, 2.75) is 64.5 Å². The number of hydrogen-bond donors (Lipinski definition) is 2. The average molecular weight is 243 g/mol. The molecule has 0 saturated heterocycles. The van der Waals surface area contributed by atoms with E-state index in [0.29, 0.717) is 19.2 Å². The van der Waals surface area contributed by atoms with Gasteiger partial charge >= 0.3 is 0 Å². The summed E-state index contributed by atoms with van der Waals surface area (Å²) in [6.45, 7) is 6.37. The lowest BCUT2D eigenvalue weighted by molar-refractivity contribution is 0.0351. The smallest absolute Gasteiger partial charge is 0.0897 e.